The molecule has 0 saturated carbocycles. The lowest BCUT2D eigenvalue weighted by molar-refractivity contribution is 0.0749. The summed E-state index contributed by atoms with van der Waals surface area (Å²) in [6.07, 6.45) is 1.98. The van der Waals surface area contributed by atoms with Crippen molar-refractivity contribution in [2.45, 2.75) is 53.6 Å². The van der Waals surface area contributed by atoms with E-state index in [1.807, 2.05) is 43.0 Å². The molecule has 1 amide bonds. The number of hydrogen-bond acceptors (Lipinski definition) is 5. The summed E-state index contributed by atoms with van der Waals surface area (Å²) in [6, 6.07) is 9.39. The van der Waals surface area contributed by atoms with Crippen molar-refractivity contribution in [1.29, 1.82) is 0 Å². The SMILES string of the molecule is CCCN(CCC)C(=O)c1cc(Nc2ccc(OC(C)C)cc2)nc(C)n1. The van der Waals surface area contributed by atoms with Crippen molar-refractivity contribution in [3.63, 3.8) is 0 Å². The van der Waals surface area contributed by atoms with E-state index in [4.69, 9.17) is 4.74 Å². The molecule has 6 heteroatoms. The number of rotatable bonds is 9. The third-order valence-corrected chi connectivity index (χ3v) is 3.83. The number of aryl methyl sites for hydroxylation is 1. The van der Waals surface area contributed by atoms with Gasteiger partial charge in [-0.15, -0.1) is 0 Å². The minimum absolute atomic E-state index is 0.0482. The highest BCUT2D eigenvalue weighted by molar-refractivity contribution is 5.93. The molecule has 1 aromatic heterocycles. The first-order valence-electron chi connectivity index (χ1n) is 9.61. The van der Waals surface area contributed by atoms with Crippen molar-refractivity contribution in [2.75, 3.05) is 18.4 Å². The van der Waals surface area contributed by atoms with E-state index in [-0.39, 0.29) is 12.0 Å². The predicted molar refractivity (Wildman–Crippen MR) is 109 cm³/mol. The molecular formula is C21H30N4O2. The van der Waals surface area contributed by atoms with Gasteiger partial charge in [0.15, 0.2) is 0 Å². The third-order valence-electron chi connectivity index (χ3n) is 3.83. The van der Waals surface area contributed by atoms with E-state index in [1.165, 1.54) is 0 Å². The Hall–Kier alpha value is -2.63. The van der Waals surface area contributed by atoms with Crippen LogP contribution < -0.4 is 10.1 Å². The van der Waals surface area contributed by atoms with Crippen LogP contribution in [0.5, 0.6) is 5.75 Å². The second kappa shape index (κ2) is 9.90. The molecule has 2 aromatic rings. The molecule has 1 heterocycles. The molecule has 1 aromatic carbocycles. The zero-order chi connectivity index (χ0) is 19.8. The van der Waals surface area contributed by atoms with Crippen molar-refractivity contribution in [2.24, 2.45) is 0 Å². The average molecular weight is 370 g/mol. The molecule has 0 fully saturated rings. The molecule has 0 radical (unpaired) electrons. The van der Waals surface area contributed by atoms with E-state index in [2.05, 4.69) is 29.1 Å². The number of nitrogens with zero attached hydrogens (tertiary/aromatic N) is 3. The normalized spacial score (nSPS) is 10.7. The topological polar surface area (TPSA) is 67.4 Å². The molecule has 146 valence electrons. The van der Waals surface area contributed by atoms with Gasteiger partial charge in [0.25, 0.3) is 5.91 Å². The number of carbonyl (C=O) groups excluding carboxylic acids is 1. The van der Waals surface area contributed by atoms with Gasteiger partial charge in [0, 0.05) is 24.8 Å². The first kappa shape index (κ1) is 20.7. The molecule has 0 spiro atoms. The number of hydrogen-bond donors (Lipinski definition) is 1. The summed E-state index contributed by atoms with van der Waals surface area (Å²) in [7, 11) is 0. The van der Waals surface area contributed by atoms with Gasteiger partial charge in [-0.2, -0.15) is 0 Å². The number of aromatic nitrogens is 2. The monoisotopic (exact) mass is 370 g/mol. The van der Waals surface area contributed by atoms with Crippen molar-refractivity contribution >= 4 is 17.4 Å². The number of amides is 1. The van der Waals surface area contributed by atoms with Crippen LogP contribution >= 0.6 is 0 Å². The molecule has 0 unspecified atom stereocenters. The van der Waals surface area contributed by atoms with E-state index in [0.717, 1.165) is 37.4 Å². The molecule has 0 atom stereocenters. The van der Waals surface area contributed by atoms with Crippen molar-refractivity contribution in [3.8, 4) is 5.75 Å². The summed E-state index contributed by atoms with van der Waals surface area (Å²) in [4.78, 5) is 23.4. The number of ether oxygens (including phenoxy) is 1. The molecule has 0 aliphatic rings. The Morgan fingerprint density at radius 2 is 1.74 bits per heavy atom. The minimum atomic E-state index is -0.0482. The van der Waals surface area contributed by atoms with E-state index >= 15 is 0 Å². The van der Waals surface area contributed by atoms with Crippen LogP contribution in [0, 0.1) is 6.92 Å². The van der Waals surface area contributed by atoms with Crippen LogP contribution in [0.25, 0.3) is 0 Å². The molecule has 0 saturated heterocycles. The highest BCUT2D eigenvalue weighted by atomic mass is 16.5. The van der Waals surface area contributed by atoms with Crippen molar-refractivity contribution < 1.29 is 9.53 Å². The van der Waals surface area contributed by atoms with E-state index in [1.54, 1.807) is 13.0 Å². The minimum Gasteiger partial charge on any atom is -0.491 e. The summed E-state index contributed by atoms with van der Waals surface area (Å²) in [5.74, 6) is 1.94. The first-order chi connectivity index (χ1) is 12.9. The molecular weight excluding hydrogens is 340 g/mol. The van der Waals surface area contributed by atoms with Gasteiger partial charge < -0.3 is 15.0 Å². The highest BCUT2D eigenvalue weighted by Crippen LogP contribution is 2.20. The Labute approximate surface area is 162 Å². The zero-order valence-corrected chi connectivity index (χ0v) is 17.0. The molecule has 0 bridgehead atoms. The Morgan fingerprint density at radius 3 is 2.30 bits per heavy atom. The predicted octanol–water partition coefficient (Wildman–Crippen LogP) is 4.58. The van der Waals surface area contributed by atoms with Crippen LogP contribution in [0.1, 0.15) is 56.8 Å². The maximum absolute atomic E-state index is 12.8. The average Bonchev–Trinajstić information content (AvgIpc) is 2.61. The maximum Gasteiger partial charge on any atom is 0.272 e. The van der Waals surface area contributed by atoms with Crippen LogP contribution in [0.3, 0.4) is 0 Å². The van der Waals surface area contributed by atoms with Crippen LogP contribution in [-0.4, -0.2) is 40.0 Å². The largest absolute Gasteiger partial charge is 0.491 e. The summed E-state index contributed by atoms with van der Waals surface area (Å²) in [5, 5.41) is 3.25. The molecule has 0 aliphatic heterocycles. The fourth-order valence-corrected chi connectivity index (χ4v) is 2.79. The number of carbonyl (C=O) groups is 1. The van der Waals surface area contributed by atoms with Crippen molar-refractivity contribution in [3.05, 3.63) is 41.9 Å². The number of benzene rings is 1. The lowest BCUT2D eigenvalue weighted by Crippen LogP contribution is -2.33. The highest BCUT2D eigenvalue weighted by Gasteiger charge is 2.17. The summed E-state index contributed by atoms with van der Waals surface area (Å²) in [5.41, 5.74) is 1.30. The smallest absolute Gasteiger partial charge is 0.272 e. The van der Waals surface area contributed by atoms with Gasteiger partial charge in [0.2, 0.25) is 0 Å². The Balaban J connectivity index is 2.17. The summed E-state index contributed by atoms with van der Waals surface area (Å²) >= 11 is 0. The Morgan fingerprint density at radius 1 is 1.11 bits per heavy atom. The van der Waals surface area contributed by atoms with Crippen LogP contribution in [-0.2, 0) is 0 Å². The van der Waals surface area contributed by atoms with Gasteiger partial charge in [-0.1, -0.05) is 13.8 Å². The van der Waals surface area contributed by atoms with Gasteiger partial charge in [-0.05, 0) is 57.9 Å². The fraction of sp³-hybridized carbons (Fsp3) is 0.476. The van der Waals surface area contributed by atoms with Crippen LogP contribution in [0.2, 0.25) is 0 Å². The third kappa shape index (κ3) is 6.24. The standard InChI is InChI=1S/C21H30N4O2/c1-6-12-25(13-7-2)21(26)19-14-20(23-16(5)22-19)24-17-8-10-18(11-9-17)27-15(3)4/h8-11,14-15H,6-7,12-13H2,1-5H3,(H,22,23,24). The van der Waals surface area contributed by atoms with Gasteiger partial charge in [-0.25, -0.2) is 9.97 Å². The molecule has 2 rings (SSSR count). The summed E-state index contributed by atoms with van der Waals surface area (Å²) in [6.45, 7) is 11.4. The lowest BCUT2D eigenvalue weighted by Gasteiger charge is -2.21. The van der Waals surface area contributed by atoms with Crippen LogP contribution in [0.4, 0.5) is 11.5 Å². The van der Waals surface area contributed by atoms with Gasteiger partial charge in [0.05, 0.1) is 6.10 Å². The number of nitrogens with one attached hydrogen (secondary N) is 1. The fourth-order valence-electron chi connectivity index (χ4n) is 2.79. The molecule has 0 aliphatic carbocycles. The first-order valence-corrected chi connectivity index (χ1v) is 9.61. The van der Waals surface area contributed by atoms with E-state index in [9.17, 15) is 4.79 Å². The van der Waals surface area contributed by atoms with Gasteiger partial charge in [-0.3, -0.25) is 4.79 Å². The van der Waals surface area contributed by atoms with E-state index in [0.29, 0.717) is 17.3 Å². The Kier molecular flexibility index (Phi) is 7.58. The molecule has 6 nitrogen and oxygen atoms in total. The summed E-state index contributed by atoms with van der Waals surface area (Å²) < 4.78 is 5.66. The zero-order valence-electron chi connectivity index (χ0n) is 17.0. The van der Waals surface area contributed by atoms with Crippen LogP contribution in [0.15, 0.2) is 30.3 Å². The Bertz CT molecular complexity index is 738. The van der Waals surface area contributed by atoms with Gasteiger partial charge in [0.1, 0.15) is 23.1 Å². The molecule has 1 N–H and O–H groups in total. The molecule has 27 heavy (non-hydrogen) atoms. The van der Waals surface area contributed by atoms with E-state index < -0.39 is 0 Å². The van der Waals surface area contributed by atoms with Gasteiger partial charge >= 0.3 is 0 Å². The lowest BCUT2D eigenvalue weighted by atomic mass is 10.2. The second-order valence-corrected chi connectivity index (χ2v) is 6.79. The maximum atomic E-state index is 12.8. The number of anilines is 2. The van der Waals surface area contributed by atoms with Crippen molar-refractivity contribution in [1.82, 2.24) is 14.9 Å². The quantitative estimate of drug-likeness (QED) is 0.700. The second-order valence-electron chi connectivity index (χ2n) is 6.79.